The Morgan fingerprint density at radius 1 is 0.980 bits per heavy atom. The van der Waals surface area contributed by atoms with Gasteiger partial charge in [0.05, 0.1) is 33.5 Å². The average Bonchev–Trinajstić information content (AvgIpc) is 3.56. The molecule has 1 heterocycles. The van der Waals surface area contributed by atoms with Crippen molar-refractivity contribution in [2.45, 2.75) is 31.0 Å². The van der Waals surface area contributed by atoms with E-state index >= 15 is 0 Å². The average molecular weight is 693 g/mol. The van der Waals surface area contributed by atoms with Crippen LogP contribution >= 0.6 is 0 Å². The third-order valence-corrected chi connectivity index (χ3v) is 8.22. The molecule has 13 nitrogen and oxygen atoms in total. The highest BCUT2D eigenvalue weighted by Gasteiger charge is 2.53. The molecule has 3 N–H and O–H groups in total. The number of nitrogens with zero attached hydrogens (tertiary/aromatic N) is 4. The lowest BCUT2D eigenvalue weighted by Gasteiger charge is -2.30. The lowest BCUT2D eigenvalue weighted by atomic mass is 9.83. The molecule has 13 heteroatoms. The number of carbonyl (C=O) groups excluding carboxylic acids is 1. The molecule has 5 rings (SSSR count). The van der Waals surface area contributed by atoms with E-state index in [0.717, 1.165) is 5.56 Å². The zero-order valence-corrected chi connectivity index (χ0v) is 28.6. The lowest BCUT2D eigenvalue weighted by molar-refractivity contribution is -0.129. The monoisotopic (exact) mass is 692 g/mol. The molecule has 4 aromatic rings. The molecule has 0 bridgehead atoms. The van der Waals surface area contributed by atoms with E-state index < -0.39 is 17.6 Å². The number of aliphatic imine (C=N–C) groups is 1. The summed E-state index contributed by atoms with van der Waals surface area (Å²) in [4.78, 5) is 22.7. The smallest absolute Gasteiger partial charge is 0.266 e. The number of aliphatic hydroxyl groups excluding tert-OH is 1. The van der Waals surface area contributed by atoms with Crippen LogP contribution in [0, 0.1) is 0 Å². The predicted molar refractivity (Wildman–Crippen MR) is 193 cm³/mol. The van der Waals surface area contributed by atoms with E-state index in [1.54, 1.807) is 67.8 Å². The van der Waals surface area contributed by atoms with Crippen LogP contribution in [0.4, 0.5) is 5.69 Å². The Balaban J connectivity index is 1.55. The predicted octanol–water partition coefficient (Wildman–Crippen LogP) is 6.60. The van der Waals surface area contributed by atoms with Gasteiger partial charge in [-0.15, -0.1) is 0 Å². The van der Waals surface area contributed by atoms with Crippen LogP contribution in [0.2, 0.25) is 0 Å². The molecule has 0 fully saturated rings. The number of carbonyl (C=O) groups is 1. The molecule has 51 heavy (non-hydrogen) atoms. The topological polar surface area (TPSA) is 169 Å². The highest BCUT2D eigenvalue weighted by atomic mass is 16.5. The summed E-state index contributed by atoms with van der Waals surface area (Å²) in [5, 5.41) is 13.0. The maximum Gasteiger partial charge on any atom is 0.266 e. The molecule has 0 saturated carbocycles. The van der Waals surface area contributed by atoms with Gasteiger partial charge in [0.15, 0.2) is 11.6 Å². The molecule has 0 spiro atoms. The Labute approximate surface area is 296 Å². The van der Waals surface area contributed by atoms with E-state index in [-0.39, 0.29) is 25.5 Å². The van der Waals surface area contributed by atoms with E-state index in [4.69, 9.17) is 33.8 Å². The number of aliphatic hydroxyl groups is 1. The van der Waals surface area contributed by atoms with Crippen LogP contribution in [-0.2, 0) is 16.1 Å². The van der Waals surface area contributed by atoms with E-state index in [1.165, 1.54) is 14.2 Å². The molecule has 1 aliphatic heterocycles. The van der Waals surface area contributed by atoms with E-state index in [0.29, 0.717) is 58.4 Å². The molecule has 0 aromatic heterocycles. The summed E-state index contributed by atoms with van der Waals surface area (Å²) in [6.45, 7) is 0.525. The van der Waals surface area contributed by atoms with Crippen LogP contribution in [0.1, 0.15) is 41.2 Å². The van der Waals surface area contributed by atoms with Crippen molar-refractivity contribution in [2.24, 2.45) is 10.1 Å². The van der Waals surface area contributed by atoms with Crippen molar-refractivity contribution in [3.05, 3.63) is 130 Å². The third kappa shape index (κ3) is 8.60. The quantitative estimate of drug-likeness (QED) is 0.0366. The van der Waals surface area contributed by atoms with Crippen molar-refractivity contribution in [3.63, 3.8) is 0 Å². The summed E-state index contributed by atoms with van der Waals surface area (Å²) in [5.74, 6) is 1.90. The fourth-order valence-corrected chi connectivity index (χ4v) is 5.65. The number of ether oxygens (including phenoxy) is 5. The van der Waals surface area contributed by atoms with Gasteiger partial charge in [-0.25, -0.2) is 10.4 Å². The van der Waals surface area contributed by atoms with Crippen molar-refractivity contribution in [1.82, 2.24) is 10.9 Å². The highest BCUT2D eigenvalue weighted by molar-refractivity contribution is 6.01. The maximum atomic E-state index is 14.6. The Bertz CT molecular complexity index is 1870. The van der Waals surface area contributed by atoms with Gasteiger partial charge in [-0.1, -0.05) is 71.9 Å². The molecule has 0 radical (unpaired) electrons. The minimum absolute atomic E-state index is 0.0281. The zero-order chi connectivity index (χ0) is 36.1. The summed E-state index contributed by atoms with van der Waals surface area (Å²) < 4.78 is 28.8. The number of benzene rings is 4. The van der Waals surface area contributed by atoms with Crippen molar-refractivity contribution in [3.8, 4) is 23.0 Å². The van der Waals surface area contributed by atoms with Crippen LogP contribution in [0.15, 0.2) is 107 Å². The SMILES string of the molecule is COc1cc(OC)c(CNNC(=O)[C@@]2(C/C=C/c3ccccc3)N=C(c3ccc(OCCCO)cc3)O[C@H]2c2ccccc2N=[N+]=[N-])c(OC)c1. The number of azide groups is 1. The van der Waals surface area contributed by atoms with Gasteiger partial charge >= 0.3 is 0 Å². The van der Waals surface area contributed by atoms with Gasteiger partial charge in [0, 0.05) is 59.9 Å². The second-order valence-corrected chi connectivity index (χ2v) is 11.4. The first-order valence-corrected chi connectivity index (χ1v) is 16.2. The number of hydrazine groups is 1. The molecule has 0 unspecified atom stereocenters. The second-order valence-electron chi connectivity index (χ2n) is 11.4. The van der Waals surface area contributed by atoms with E-state index in [1.807, 2.05) is 42.5 Å². The van der Waals surface area contributed by atoms with Gasteiger partial charge in [-0.3, -0.25) is 10.2 Å². The fourth-order valence-electron chi connectivity index (χ4n) is 5.65. The summed E-state index contributed by atoms with van der Waals surface area (Å²) in [6, 6.07) is 27.2. The number of nitrogens with one attached hydrogen (secondary N) is 2. The second kappa shape index (κ2) is 17.6. The first kappa shape index (κ1) is 36.3. The summed E-state index contributed by atoms with van der Waals surface area (Å²) in [6.07, 6.45) is 3.41. The number of amides is 1. The minimum atomic E-state index is -1.57. The van der Waals surface area contributed by atoms with Gasteiger partial charge in [-0.2, -0.15) is 0 Å². The molecule has 1 amide bonds. The normalized spacial score (nSPS) is 16.5. The van der Waals surface area contributed by atoms with Gasteiger partial charge in [0.25, 0.3) is 5.91 Å². The molecule has 2 atom stereocenters. The van der Waals surface area contributed by atoms with Crippen molar-refractivity contribution < 1.29 is 33.6 Å². The number of methoxy groups -OCH3 is 3. The summed E-state index contributed by atoms with van der Waals surface area (Å²) in [7, 11) is 4.63. The lowest BCUT2D eigenvalue weighted by Crippen LogP contribution is -2.52. The minimum Gasteiger partial charge on any atom is -0.496 e. The number of hydrogen-bond donors (Lipinski definition) is 3. The highest BCUT2D eigenvalue weighted by Crippen LogP contribution is 2.46. The van der Waals surface area contributed by atoms with Crippen LogP contribution < -0.4 is 29.8 Å². The van der Waals surface area contributed by atoms with Gasteiger partial charge in [0.2, 0.25) is 5.90 Å². The first-order chi connectivity index (χ1) is 25.0. The molecular formula is C38H40N6O7. The summed E-state index contributed by atoms with van der Waals surface area (Å²) in [5.41, 5.74) is 16.7. The standard InChI is InChI=1S/C38H40N6O7/c1-47-29-23-33(48-2)31(34(24-29)49-3)25-40-43-37(46)38(20-9-13-26-11-5-4-6-12-26)35(30-14-7-8-15-32(30)42-44-39)51-36(41-38)27-16-18-28(19-17-27)50-22-10-21-45/h4-9,11-19,23-24,35,40,45H,10,20-22,25H2,1-3H3,(H,43,46)/b13-9+/t35-,38-/m0/s1. The van der Waals surface area contributed by atoms with Crippen LogP contribution in [0.3, 0.4) is 0 Å². The third-order valence-electron chi connectivity index (χ3n) is 8.22. The Morgan fingerprint density at radius 2 is 1.69 bits per heavy atom. The first-order valence-electron chi connectivity index (χ1n) is 16.2. The Morgan fingerprint density at radius 3 is 2.35 bits per heavy atom. The maximum absolute atomic E-state index is 14.6. The molecule has 4 aromatic carbocycles. The Hall–Kier alpha value is -6.01. The Kier molecular flexibility index (Phi) is 12.5. The number of rotatable bonds is 17. The van der Waals surface area contributed by atoms with Crippen LogP contribution in [0.25, 0.3) is 16.5 Å². The van der Waals surface area contributed by atoms with Gasteiger partial charge in [0.1, 0.15) is 23.0 Å². The van der Waals surface area contributed by atoms with Gasteiger partial charge in [-0.05, 0) is 35.4 Å². The summed E-state index contributed by atoms with van der Waals surface area (Å²) >= 11 is 0. The zero-order valence-electron chi connectivity index (χ0n) is 28.6. The molecule has 1 aliphatic rings. The van der Waals surface area contributed by atoms with Crippen molar-refractivity contribution in [2.75, 3.05) is 34.5 Å². The van der Waals surface area contributed by atoms with E-state index in [2.05, 4.69) is 20.9 Å². The molecule has 0 saturated heterocycles. The molecule has 264 valence electrons. The largest absolute Gasteiger partial charge is 0.496 e. The van der Waals surface area contributed by atoms with Crippen molar-refractivity contribution >= 4 is 23.6 Å². The van der Waals surface area contributed by atoms with Crippen LogP contribution in [-0.4, -0.2) is 57.0 Å². The fraction of sp³-hybridized carbons (Fsp3) is 0.263. The molecule has 0 aliphatic carbocycles. The van der Waals surface area contributed by atoms with Crippen molar-refractivity contribution in [1.29, 1.82) is 0 Å². The number of hydrogen-bond acceptors (Lipinski definition) is 10. The van der Waals surface area contributed by atoms with E-state index in [9.17, 15) is 10.3 Å². The van der Waals surface area contributed by atoms with Gasteiger partial charge < -0.3 is 28.8 Å². The molecular weight excluding hydrogens is 652 g/mol. The van der Waals surface area contributed by atoms with Crippen LogP contribution in [0.5, 0.6) is 23.0 Å².